The van der Waals surface area contributed by atoms with E-state index in [1.165, 1.54) is 0 Å². The smallest absolute Gasteiger partial charge is 0.259 e. The summed E-state index contributed by atoms with van der Waals surface area (Å²) in [5.41, 5.74) is 4.35. The average Bonchev–Trinajstić information content (AvgIpc) is 3.26. The van der Waals surface area contributed by atoms with Gasteiger partial charge in [0.25, 0.3) is 11.8 Å². The van der Waals surface area contributed by atoms with Crippen LogP contribution < -0.4 is 5.32 Å². The summed E-state index contributed by atoms with van der Waals surface area (Å²) in [7, 11) is 0. The van der Waals surface area contributed by atoms with E-state index in [9.17, 15) is 9.59 Å². The van der Waals surface area contributed by atoms with Gasteiger partial charge in [-0.25, -0.2) is 0 Å². The number of hydrogen-bond acceptors (Lipinski definition) is 2. The van der Waals surface area contributed by atoms with Crippen molar-refractivity contribution in [3.05, 3.63) is 56.5 Å². The lowest BCUT2D eigenvalue weighted by atomic mass is 9.97. The van der Waals surface area contributed by atoms with E-state index in [2.05, 4.69) is 47.1 Å². The summed E-state index contributed by atoms with van der Waals surface area (Å²) in [4.78, 5) is 32.3. The monoisotopic (exact) mass is 481 g/mol. The molecule has 0 aliphatic carbocycles. The Kier molecular flexibility index (Phi) is 2.85. The predicted molar refractivity (Wildman–Crippen MR) is 112 cm³/mol. The number of aromatic amines is 2. The van der Waals surface area contributed by atoms with Crippen molar-refractivity contribution in [2.75, 3.05) is 0 Å². The molecule has 5 nitrogen and oxygen atoms in total. The van der Waals surface area contributed by atoms with E-state index in [-0.39, 0.29) is 11.8 Å². The highest BCUT2D eigenvalue weighted by molar-refractivity contribution is 9.10. The number of carbonyl (C=O) groups excluding carboxylic acids is 2. The highest BCUT2D eigenvalue weighted by Crippen LogP contribution is 2.42. The van der Waals surface area contributed by atoms with Crippen molar-refractivity contribution in [3.8, 4) is 0 Å². The highest BCUT2D eigenvalue weighted by Gasteiger charge is 2.34. The zero-order chi connectivity index (χ0) is 18.4. The molecule has 130 valence electrons. The molecular weight excluding hydrogens is 474 g/mol. The second-order valence-electron chi connectivity index (χ2n) is 6.66. The van der Waals surface area contributed by atoms with E-state index in [1.54, 1.807) is 0 Å². The molecule has 5 aromatic rings. The van der Waals surface area contributed by atoms with Gasteiger partial charge < -0.3 is 9.97 Å². The number of hydrogen-bond donors (Lipinski definition) is 3. The van der Waals surface area contributed by atoms with Crippen LogP contribution in [0.5, 0.6) is 0 Å². The lowest BCUT2D eigenvalue weighted by Gasteiger charge is -2.03. The molecule has 7 heteroatoms. The van der Waals surface area contributed by atoms with Crippen LogP contribution in [0.4, 0.5) is 0 Å². The fourth-order valence-electron chi connectivity index (χ4n) is 4.15. The first-order chi connectivity index (χ1) is 13.0. The molecule has 0 radical (unpaired) electrons. The maximum atomic E-state index is 12.7. The summed E-state index contributed by atoms with van der Waals surface area (Å²) >= 11 is 7.00. The Labute approximate surface area is 168 Å². The zero-order valence-corrected chi connectivity index (χ0v) is 16.7. The van der Waals surface area contributed by atoms with Crippen LogP contribution in [0, 0.1) is 0 Å². The van der Waals surface area contributed by atoms with Crippen molar-refractivity contribution in [1.29, 1.82) is 0 Å². The summed E-state index contributed by atoms with van der Waals surface area (Å²) in [6, 6.07) is 11.8. The minimum Gasteiger partial charge on any atom is -0.353 e. The summed E-state index contributed by atoms with van der Waals surface area (Å²) in [6.45, 7) is 0. The first kappa shape index (κ1) is 15.4. The number of aromatic nitrogens is 2. The average molecular weight is 483 g/mol. The van der Waals surface area contributed by atoms with Crippen molar-refractivity contribution in [2.45, 2.75) is 0 Å². The van der Waals surface area contributed by atoms with E-state index in [0.717, 1.165) is 52.6 Å². The van der Waals surface area contributed by atoms with Crippen LogP contribution in [-0.4, -0.2) is 21.8 Å². The fraction of sp³-hybridized carbons (Fsp3) is 0. The molecule has 1 aliphatic heterocycles. The number of halogens is 2. The van der Waals surface area contributed by atoms with Crippen LogP contribution in [0.15, 0.2) is 45.3 Å². The SMILES string of the molecule is O=C1NC(=O)c2c1c1c3cc(Br)ccc3[nH]c1c1[nH]c3ccc(Br)cc3c21. The van der Waals surface area contributed by atoms with Gasteiger partial charge in [0.05, 0.1) is 22.2 Å². The Bertz CT molecular complexity index is 1400. The molecule has 0 saturated heterocycles. The molecule has 3 N–H and O–H groups in total. The van der Waals surface area contributed by atoms with E-state index >= 15 is 0 Å². The fourth-order valence-corrected chi connectivity index (χ4v) is 4.88. The molecule has 27 heavy (non-hydrogen) atoms. The Hall–Kier alpha value is -2.64. The standard InChI is InChI=1S/C20H9Br2N3O2/c21-7-1-3-11-9(5-7)13-15-16(20(27)25-19(15)26)14-10-6-8(22)2-4-12(10)24-18(14)17(13)23-11/h1-6,23-24H,(H,25,26,27). The molecule has 2 amide bonds. The molecular formula is C20H9Br2N3O2. The van der Waals surface area contributed by atoms with Gasteiger partial charge in [-0.05, 0) is 36.4 Å². The number of rotatable bonds is 0. The molecule has 6 rings (SSSR count). The normalized spacial score (nSPS) is 14.0. The molecule has 0 spiro atoms. The van der Waals surface area contributed by atoms with Crippen molar-refractivity contribution in [1.82, 2.24) is 15.3 Å². The quantitative estimate of drug-likeness (QED) is 0.260. The first-order valence-electron chi connectivity index (χ1n) is 8.26. The first-order valence-corrected chi connectivity index (χ1v) is 9.85. The van der Waals surface area contributed by atoms with E-state index in [1.807, 2.05) is 36.4 Å². The number of carbonyl (C=O) groups is 2. The van der Waals surface area contributed by atoms with Crippen LogP contribution in [-0.2, 0) is 0 Å². The summed E-state index contributed by atoms with van der Waals surface area (Å²) in [5, 5.41) is 5.82. The third kappa shape index (κ3) is 1.88. The van der Waals surface area contributed by atoms with Gasteiger partial charge >= 0.3 is 0 Å². The predicted octanol–water partition coefficient (Wildman–Crippen LogP) is 5.36. The third-order valence-corrected chi connectivity index (χ3v) is 6.19. The van der Waals surface area contributed by atoms with Gasteiger partial charge in [-0.3, -0.25) is 14.9 Å². The van der Waals surface area contributed by atoms with Crippen LogP contribution in [0.3, 0.4) is 0 Å². The lowest BCUT2D eigenvalue weighted by molar-refractivity contribution is 0.0880. The van der Waals surface area contributed by atoms with Crippen molar-refractivity contribution in [3.63, 3.8) is 0 Å². The largest absolute Gasteiger partial charge is 0.353 e. The molecule has 0 fully saturated rings. The van der Waals surface area contributed by atoms with Crippen molar-refractivity contribution >= 4 is 87.3 Å². The van der Waals surface area contributed by atoms with Crippen LogP contribution >= 0.6 is 31.9 Å². The zero-order valence-electron chi connectivity index (χ0n) is 13.5. The Balaban J connectivity index is 2.00. The Morgan fingerprint density at radius 3 is 1.56 bits per heavy atom. The minimum atomic E-state index is -0.355. The van der Waals surface area contributed by atoms with Crippen molar-refractivity contribution in [2.24, 2.45) is 0 Å². The number of amides is 2. The topological polar surface area (TPSA) is 77.8 Å². The molecule has 2 aromatic heterocycles. The number of fused-ring (bicyclic) bond motifs is 10. The molecule has 3 heterocycles. The summed E-state index contributed by atoms with van der Waals surface area (Å²) < 4.78 is 1.82. The molecule has 0 atom stereocenters. The molecule has 1 aliphatic rings. The molecule has 0 bridgehead atoms. The third-order valence-electron chi connectivity index (χ3n) is 5.20. The van der Waals surface area contributed by atoms with Gasteiger partial charge in [0.15, 0.2) is 0 Å². The Morgan fingerprint density at radius 1 is 0.667 bits per heavy atom. The van der Waals surface area contributed by atoms with Gasteiger partial charge in [0.1, 0.15) is 0 Å². The van der Waals surface area contributed by atoms with Crippen molar-refractivity contribution < 1.29 is 9.59 Å². The number of H-pyrrole nitrogens is 2. The van der Waals surface area contributed by atoms with E-state index in [0.29, 0.717) is 11.1 Å². The van der Waals surface area contributed by atoms with Gasteiger partial charge in [-0.15, -0.1) is 0 Å². The van der Waals surface area contributed by atoms with E-state index < -0.39 is 0 Å². The lowest BCUT2D eigenvalue weighted by Crippen LogP contribution is -2.20. The second kappa shape index (κ2) is 4.99. The van der Waals surface area contributed by atoms with E-state index in [4.69, 9.17) is 0 Å². The maximum absolute atomic E-state index is 12.7. The highest BCUT2D eigenvalue weighted by atomic mass is 79.9. The van der Waals surface area contributed by atoms with Gasteiger partial charge in [0.2, 0.25) is 0 Å². The number of benzene rings is 3. The van der Waals surface area contributed by atoms with Crippen LogP contribution in [0.1, 0.15) is 20.7 Å². The van der Waals surface area contributed by atoms with Crippen LogP contribution in [0.2, 0.25) is 0 Å². The molecule has 0 unspecified atom stereocenters. The number of imide groups is 1. The molecule has 0 saturated carbocycles. The maximum Gasteiger partial charge on any atom is 0.259 e. The second-order valence-corrected chi connectivity index (χ2v) is 8.49. The summed E-state index contributed by atoms with van der Waals surface area (Å²) in [6.07, 6.45) is 0. The summed E-state index contributed by atoms with van der Waals surface area (Å²) in [5.74, 6) is -0.709. The Morgan fingerprint density at radius 2 is 1.11 bits per heavy atom. The van der Waals surface area contributed by atoms with Gasteiger partial charge in [-0.2, -0.15) is 0 Å². The number of nitrogens with one attached hydrogen (secondary N) is 3. The van der Waals surface area contributed by atoms with Crippen LogP contribution in [0.25, 0.3) is 43.6 Å². The van der Waals surface area contributed by atoms with Gasteiger partial charge in [0, 0.05) is 41.5 Å². The molecule has 3 aromatic carbocycles. The van der Waals surface area contributed by atoms with Gasteiger partial charge in [-0.1, -0.05) is 31.9 Å². The minimum absolute atomic E-state index is 0.355.